The molecule has 2 aliphatic heterocycles. The van der Waals surface area contributed by atoms with Crippen molar-refractivity contribution in [1.82, 2.24) is 9.80 Å². The van der Waals surface area contributed by atoms with Gasteiger partial charge in [0.1, 0.15) is 0 Å². The van der Waals surface area contributed by atoms with Gasteiger partial charge in [-0.05, 0) is 32.2 Å². The lowest BCUT2D eigenvalue weighted by molar-refractivity contribution is 0.00908. The Morgan fingerprint density at radius 1 is 1.29 bits per heavy atom. The summed E-state index contributed by atoms with van der Waals surface area (Å²) in [5.74, 6) is 0.748. The van der Waals surface area contributed by atoms with Crippen molar-refractivity contribution in [3.8, 4) is 0 Å². The summed E-state index contributed by atoms with van der Waals surface area (Å²) in [5.41, 5.74) is 0. The van der Waals surface area contributed by atoms with Crippen molar-refractivity contribution in [2.24, 2.45) is 5.92 Å². The lowest BCUT2D eigenvalue weighted by Crippen LogP contribution is -2.58. The van der Waals surface area contributed by atoms with E-state index in [1.54, 1.807) is 0 Å². The summed E-state index contributed by atoms with van der Waals surface area (Å²) in [4.78, 5) is 5.38. The Morgan fingerprint density at radius 2 is 2.12 bits per heavy atom. The third kappa shape index (κ3) is 3.21. The first-order valence-electron chi connectivity index (χ1n) is 7.28. The van der Waals surface area contributed by atoms with E-state index in [1.807, 2.05) is 0 Å². The lowest BCUT2D eigenvalue weighted by atomic mass is 9.97. The van der Waals surface area contributed by atoms with Crippen LogP contribution in [0.4, 0.5) is 0 Å². The zero-order valence-corrected chi connectivity index (χ0v) is 11.7. The molecule has 3 heteroatoms. The molecule has 0 aliphatic carbocycles. The SMILES string of the molecule is CCOCCN1CC2CCCN2CC1C(C)C. The monoisotopic (exact) mass is 240 g/mol. The van der Waals surface area contributed by atoms with Crippen molar-refractivity contribution in [3.63, 3.8) is 0 Å². The molecule has 3 nitrogen and oxygen atoms in total. The summed E-state index contributed by atoms with van der Waals surface area (Å²) in [6.07, 6.45) is 2.80. The molecule has 0 aromatic rings. The highest BCUT2D eigenvalue weighted by atomic mass is 16.5. The Hall–Kier alpha value is -0.120. The van der Waals surface area contributed by atoms with E-state index in [0.717, 1.165) is 37.8 Å². The van der Waals surface area contributed by atoms with Gasteiger partial charge in [-0.3, -0.25) is 9.80 Å². The summed E-state index contributed by atoms with van der Waals surface area (Å²) in [7, 11) is 0. The number of hydrogen-bond acceptors (Lipinski definition) is 3. The molecule has 2 aliphatic rings. The standard InChI is InChI=1S/C14H28N2O/c1-4-17-9-8-16-10-13-6-5-7-15(13)11-14(16)12(2)3/h12-14H,4-11H2,1-3H3. The third-order valence-corrected chi connectivity index (χ3v) is 4.33. The fourth-order valence-electron chi connectivity index (χ4n) is 3.32. The van der Waals surface area contributed by atoms with Gasteiger partial charge in [-0.2, -0.15) is 0 Å². The van der Waals surface area contributed by atoms with Crippen molar-refractivity contribution in [2.45, 2.75) is 45.7 Å². The van der Waals surface area contributed by atoms with Gasteiger partial charge in [0, 0.05) is 38.3 Å². The Labute approximate surface area is 106 Å². The van der Waals surface area contributed by atoms with Gasteiger partial charge in [0.2, 0.25) is 0 Å². The molecule has 0 spiro atoms. The summed E-state index contributed by atoms with van der Waals surface area (Å²) in [6, 6.07) is 1.55. The summed E-state index contributed by atoms with van der Waals surface area (Å²) in [5, 5.41) is 0. The molecule has 2 unspecified atom stereocenters. The molecular weight excluding hydrogens is 212 g/mol. The zero-order chi connectivity index (χ0) is 12.3. The van der Waals surface area contributed by atoms with Gasteiger partial charge in [-0.1, -0.05) is 13.8 Å². The topological polar surface area (TPSA) is 15.7 Å². The summed E-state index contributed by atoms with van der Waals surface area (Å²) >= 11 is 0. The maximum Gasteiger partial charge on any atom is 0.0593 e. The predicted octanol–water partition coefficient (Wildman–Crippen LogP) is 1.83. The highest BCUT2D eigenvalue weighted by Gasteiger charge is 2.36. The molecule has 0 amide bonds. The van der Waals surface area contributed by atoms with Gasteiger partial charge < -0.3 is 4.74 Å². The van der Waals surface area contributed by atoms with Gasteiger partial charge in [0.25, 0.3) is 0 Å². The van der Waals surface area contributed by atoms with Crippen LogP contribution in [0.5, 0.6) is 0 Å². The Kier molecular flexibility index (Phi) is 4.83. The molecule has 0 bridgehead atoms. The van der Waals surface area contributed by atoms with Crippen LogP contribution in [0.1, 0.15) is 33.6 Å². The number of rotatable bonds is 5. The van der Waals surface area contributed by atoms with E-state index >= 15 is 0 Å². The van der Waals surface area contributed by atoms with Gasteiger partial charge in [0.05, 0.1) is 6.61 Å². The molecule has 17 heavy (non-hydrogen) atoms. The van der Waals surface area contributed by atoms with E-state index in [1.165, 1.54) is 32.5 Å². The lowest BCUT2D eigenvalue weighted by Gasteiger charge is -2.45. The van der Waals surface area contributed by atoms with E-state index < -0.39 is 0 Å². The first-order chi connectivity index (χ1) is 8.22. The molecule has 0 saturated carbocycles. The van der Waals surface area contributed by atoms with Gasteiger partial charge in [-0.25, -0.2) is 0 Å². The number of hydrogen-bond donors (Lipinski definition) is 0. The molecule has 2 rings (SSSR count). The van der Waals surface area contributed by atoms with Gasteiger partial charge >= 0.3 is 0 Å². The van der Waals surface area contributed by atoms with Crippen LogP contribution >= 0.6 is 0 Å². The molecular formula is C14H28N2O. The van der Waals surface area contributed by atoms with Crippen LogP contribution in [0.25, 0.3) is 0 Å². The van der Waals surface area contributed by atoms with E-state index in [-0.39, 0.29) is 0 Å². The highest BCUT2D eigenvalue weighted by molar-refractivity contribution is 4.93. The fraction of sp³-hybridized carbons (Fsp3) is 1.00. The van der Waals surface area contributed by atoms with Crippen molar-refractivity contribution >= 4 is 0 Å². The Bertz CT molecular complexity index is 232. The summed E-state index contributed by atoms with van der Waals surface area (Å²) in [6.45, 7) is 13.5. The Morgan fingerprint density at radius 3 is 2.82 bits per heavy atom. The molecule has 0 radical (unpaired) electrons. The molecule has 0 N–H and O–H groups in total. The van der Waals surface area contributed by atoms with Crippen molar-refractivity contribution < 1.29 is 4.74 Å². The van der Waals surface area contributed by atoms with E-state index in [4.69, 9.17) is 4.74 Å². The maximum absolute atomic E-state index is 5.52. The van der Waals surface area contributed by atoms with E-state index in [0.29, 0.717) is 0 Å². The van der Waals surface area contributed by atoms with Crippen LogP contribution in [0.3, 0.4) is 0 Å². The minimum absolute atomic E-state index is 0.727. The molecule has 100 valence electrons. The highest BCUT2D eigenvalue weighted by Crippen LogP contribution is 2.27. The number of fused-ring (bicyclic) bond motifs is 1. The van der Waals surface area contributed by atoms with Crippen LogP contribution in [-0.4, -0.2) is 61.3 Å². The maximum atomic E-state index is 5.52. The smallest absolute Gasteiger partial charge is 0.0593 e. The first-order valence-corrected chi connectivity index (χ1v) is 7.28. The molecule has 2 fully saturated rings. The molecule has 0 aromatic carbocycles. The average Bonchev–Trinajstić information content (AvgIpc) is 2.75. The van der Waals surface area contributed by atoms with Gasteiger partial charge in [0.15, 0.2) is 0 Å². The minimum atomic E-state index is 0.727. The molecule has 0 aromatic heterocycles. The second-order valence-corrected chi connectivity index (χ2v) is 5.79. The normalized spacial score (nSPS) is 31.1. The average molecular weight is 240 g/mol. The van der Waals surface area contributed by atoms with Crippen LogP contribution in [0.15, 0.2) is 0 Å². The first kappa shape index (κ1) is 13.3. The third-order valence-electron chi connectivity index (χ3n) is 4.33. The Balaban J connectivity index is 1.90. The summed E-state index contributed by atoms with van der Waals surface area (Å²) < 4.78 is 5.52. The van der Waals surface area contributed by atoms with Crippen LogP contribution < -0.4 is 0 Å². The molecule has 2 heterocycles. The largest absolute Gasteiger partial charge is 0.380 e. The van der Waals surface area contributed by atoms with Gasteiger partial charge in [-0.15, -0.1) is 0 Å². The molecule has 2 atom stereocenters. The van der Waals surface area contributed by atoms with Crippen molar-refractivity contribution in [2.75, 3.05) is 39.4 Å². The van der Waals surface area contributed by atoms with Crippen LogP contribution in [-0.2, 0) is 4.74 Å². The fourth-order valence-corrected chi connectivity index (χ4v) is 3.32. The number of ether oxygens (including phenoxy) is 1. The molecule has 2 saturated heterocycles. The minimum Gasteiger partial charge on any atom is -0.380 e. The predicted molar refractivity (Wildman–Crippen MR) is 71.3 cm³/mol. The van der Waals surface area contributed by atoms with Crippen LogP contribution in [0.2, 0.25) is 0 Å². The number of nitrogens with zero attached hydrogens (tertiary/aromatic N) is 2. The van der Waals surface area contributed by atoms with E-state index in [9.17, 15) is 0 Å². The van der Waals surface area contributed by atoms with Crippen LogP contribution in [0, 0.1) is 5.92 Å². The van der Waals surface area contributed by atoms with Crippen molar-refractivity contribution in [3.05, 3.63) is 0 Å². The zero-order valence-electron chi connectivity index (χ0n) is 11.7. The van der Waals surface area contributed by atoms with E-state index in [2.05, 4.69) is 30.6 Å². The quantitative estimate of drug-likeness (QED) is 0.682. The number of piperazine rings is 1. The second kappa shape index (κ2) is 6.17. The van der Waals surface area contributed by atoms with Crippen molar-refractivity contribution in [1.29, 1.82) is 0 Å². The second-order valence-electron chi connectivity index (χ2n) is 5.79.